The first-order valence-electron chi connectivity index (χ1n) is 7.12. The van der Waals surface area contributed by atoms with E-state index >= 15 is 0 Å². The van der Waals surface area contributed by atoms with Gasteiger partial charge in [0, 0.05) is 0 Å². The van der Waals surface area contributed by atoms with Crippen molar-refractivity contribution in [3.63, 3.8) is 0 Å². The summed E-state index contributed by atoms with van der Waals surface area (Å²) in [5.41, 5.74) is 0. The molecule has 0 aromatic rings. The van der Waals surface area contributed by atoms with E-state index in [-0.39, 0.29) is 10.1 Å². The lowest BCUT2D eigenvalue weighted by Crippen LogP contribution is -2.44. The predicted octanol–water partition coefficient (Wildman–Crippen LogP) is 6.13. The summed E-state index contributed by atoms with van der Waals surface area (Å²) in [6, 6.07) is 0. The topological polar surface area (TPSA) is 9.23 Å². The Morgan fingerprint density at radius 2 is 0.895 bits per heavy atom. The first kappa shape index (κ1) is 18.7. The van der Waals surface area contributed by atoms with Crippen molar-refractivity contribution in [1.29, 1.82) is 0 Å². The maximum Gasteiger partial charge on any atom is 0.130 e. The van der Waals surface area contributed by atoms with Crippen LogP contribution in [-0.2, 0) is 4.74 Å². The van der Waals surface area contributed by atoms with Crippen LogP contribution < -0.4 is 0 Å². The van der Waals surface area contributed by atoms with Gasteiger partial charge < -0.3 is 4.74 Å². The van der Waals surface area contributed by atoms with Gasteiger partial charge in [-0.3, -0.25) is 0 Å². The molecule has 0 atom stereocenters. The summed E-state index contributed by atoms with van der Waals surface area (Å²) < 4.78 is 6.17. The van der Waals surface area contributed by atoms with Crippen molar-refractivity contribution in [2.45, 2.75) is 77.8 Å². The maximum atomic E-state index is 6.17. The highest BCUT2D eigenvalue weighted by Crippen LogP contribution is 2.44. The second kappa shape index (κ2) is 5.25. The Morgan fingerprint density at radius 3 is 1.05 bits per heavy atom. The second-order valence-electron chi connectivity index (χ2n) is 8.70. The summed E-state index contributed by atoms with van der Waals surface area (Å²) in [7, 11) is -3.33. The molecule has 0 saturated carbocycles. The smallest absolute Gasteiger partial charge is 0.130 e. The van der Waals surface area contributed by atoms with Crippen LogP contribution in [0.1, 0.15) is 41.5 Å². The second-order valence-corrected chi connectivity index (χ2v) is 19.3. The highest BCUT2D eigenvalue weighted by molar-refractivity contribution is 6.88. The molecule has 0 aliphatic rings. The highest BCUT2D eigenvalue weighted by atomic mass is 28.3. The van der Waals surface area contributed by atoms with Crippen molar-refractivity contribution in [3.8, 4) is 0 Å². The fourth-order valence-corrected chi connectivity index (χ4v) is 3.77. The van der Waals surface area contributed by atoms with E-state index in [0.29, 0.717) is 0 Å². The number of hydrogen-bond acceptors (Lipinski definition) is 1. The molecular formula is C16H34OSi2. The van der Waals surface area contributed by atoms with Crippen molar-refractivity contribution in [2.24, 2.45) is 0 Å². The molecule has 0 aliphatic carbocycles. The molecule has 0 aromatic heterocycles. The van der Waals surface area contributed by atoms with Gasteiger partial charge >= 0.3 is 0 Å². The van der Waals surface area contributed by atoms with E-state index in [1.54, 1.807) is 0 Å². The van der Waals surface area contributed by atoms with Crippen LogP contribution in [0, 0.1) is 0 Å². The summed E-state index contributed by atoms with van der Waals surface area (Å²) in [6.45, 7) is 31.5. The molecule has 0 radical (unpaired) electrons. The summed E-state index contributed by atoms with van der Waals surface area (Å²) in [5, 5.41) is 2.43. The van der Waals surface area contributed by atoms with Gasteiger partial charge in [0.05, 0.1) is 10.8 Å². The summed E-state index contributed by atoms with van der Waals surface area (Å²) >= 11 is 0. The van der Waals surface area contributed by atoms with Gasteiger partial charge in [0.25, 0.3) is 0 Å². The van der Waals surface area contributed by atoms with Crippen molar-refractivity contribution in [2.75, 3.05) is 0 Å². The van der Waals surface area contributed by atoms with Gasteiger partial charge in [-0.15, -0.1) is 0 Å². The molecule has 0 aliphatic heterocycles. The molecule has 0 aromatic carbocycles. The monoisotopic (exact) mass is 298 g/mol. The van der Waals surface area contributed by atoms with E-state index in [4.69, 9.17) is 4.74 Å². The van der Waals surface area contributed by atoms with Crippen LogP contribution >= 0.6 is 0 Å². The Bertz CT molecular complexity index is 329. The molecule has 0 fully saturated rings. The molecule has 112 valence electrons. The van der Waals surface area contributed by atoms with Crippen molar-refractivity contribution in [3.05, 3.63) is 23.9 Å². The van der Waals surface area contributed by atoms with E-state index in [9.17, 15) is 0 Å². The van der Waals surface area contributed by atoms with Crippen LogP contribution in [0.5, 0.6) is 0 Å². The third-order valence-corrected chi connectivity index (χ3v) is 15.9. The minimum absolute atomic E-state index is 0.248. The van der Waals surface area contributed by atoms with Gasteiger partial charge in [0.2, 0.25) is 0 Å². The molecule has 0 spiro atoms. The first-order valence-corrected chi connectivity index (χ1v) is 13.1. The average Bonchev–Trinajstić information content (AvgIpc) is 2.13. The van der Waals surface area contributed by atoms with Crippen LogP contribution in [0.4, 0.5) is 0 Å². The molecule has 0 bridgehead atoms. The molecule has 0 amide bonds. The molecule has 0 heterocycles. The Morgan fingerprint density at radius 1 is 0.684 bits per heavy atom. The quantitative estimate of drug-likeness (QED) is 0.448. The third-order valence-electron chi connectivity index (χ3n) is 5.39. The molecule has 0 N–H and O–H groups in total. The van der Waals surface area contributed by atoms with Crippen molar-refractivity contribution < 1.29 is 4.74 Å². The molecule has 0 rings (SSSR count). The lowest BCUT2D eigenvalue weighted by Gasteiger charge is -2.42. The Kier molecular flexibility index (Phi) is 5.17. The minimum Gasteiger partial charge on any atom is -0.478 e. The fraction of sp³-hybridized carbons (Fsp3) is 0.750. The maximum absolute atomic E-state index is 6.17. The zero-order valence-electron chi connectivity index (χ0n) is 14.8. The zero-order valence-corrected chi connectivity index (χ0v) is 16.8. The lowest BCUT2D eigenvalue weighted by atomic mass is 10.2. The highest BCUT2D eigenvalue weighted by Gasteiger charge is 2.43. The minimum atomic E-state index is -1.66. The van der Waals surface area contributed by atoms with Gasteiger partial charge in [-0.1, -0.05) is 80.9 Å². The van der Waals surface area contributed by atoms with E-state index in [2.05, 4.69) is 80.9 Å². The number of hydrogen-bond donors (Lipinski definition) is 0. The standard InChI is InChI=1S/C16H34OSi2/c1-13(18(9,10)15(3,4)5)17-14(2)19(11,12)16(6,7)8/h1-2H2,3-12H3. The van der Waals surface area contributed by atoms with Crippen molar-refractivity contribution >= 4 is 16.1 Å². The summed E-state index contributed by atoms with van der Waals surface area (Å²) in [6.07, 6.45) is 0. The molecular weight excluding hydrogens is 264 g/mol. The van der Waals surface area contributed by atoms with E-state index in [1.807, 2.05) is 0 Å². The molecule has 1 nitrogen and oxygen atoms in total. The van der Waals surface area contributed by atoms with E-state index in [1.165, 1.54) is 0 Å². The van der Waals surface area contributed by atoms with E-state index in [0.717, 1.165) is 10.8 Å². The van der Waals surface area contributed by atoms with Crippen LogP contribution in [0.25, 0.3) is 0 Å². The van der Waals surface area contributed by atoms with Gasteiger partial charge in [0.15, 0.2) is 0 Å². The predicted molar refractivity (Wildman–Crippen MR) is 93.8 cm³/mol. The Hall–Kier alpha value is -0.286. The fourth-order valence-electron chi connectivity index (χ4n) is 1.24. The van der Waals surface area contributed by atoms with Gasteiger partial charge in [-0.05, 0) is 10.1 Å². The van der Waals surface area contributed by atoms with Crippen molar-refractivity contribution in [1.82, 2.24) is 0 Å². The normalized spacial score (nSPS) is 14.2. The molecule has 0 unspecified atom stereocenters. The Labute approximate surface area is 123 Å². The first-order chi connectivity index (χ1) is 8.05. The Balaban J connectivity index is 5.11. The molecule has 0 saturated heterocycles. The molecule has 19 heavy (non-hydrogen) atoms. The van der Waals surface area contributed by atoms with Gasteiger partial charge in [-0.25, -0.2) is 0 Å². The SMILES string of the molecule is C=C(OC(=C)[Si](C)(C)C(C)(C)C)[Si](C)(C)C(C)(C)C. The summed E-state index contributed by atoms with van der Waals surface area (Å²) in [4.78, 5) is 0. The van der Waals surface area contributed by atoms with Crippen LogP contribution in [-0.4, -0.2) is 16.1 Å². The third kappa shape index (κ3) is 3.85. The average molecular weight is 299 g/mol. The largest absolute Gasteiger partial charge is 0.478 e. The summed E-state index contributed by atoms with van der Waals surface area (Å²) in [5.74, 6) is 0. The lowest BCUT2D eigenvalue weighted by molar-refractivity contribution is 0.350. The van der Waals surface area contributed by atoms with Gasteiger partial charge in [0.1, 0.15) is 16.1 Å². The van der Waals surface area contributed by atoms with Crippen LogP contribution in [0.15, 0.2) is 23.9 Å². The molecule has 3 heteroatoms. The van der Waals surface area contributed by atoms with Crippen LogP contribution in [0.3, 0.4) is 0 Å². The number of rotatable bonds is 4. The van der Waals surface area contributed by atoms with Crippen LogP contribution in [0.2, 0.25) is 36.3 Å². The van der Waals surface area contributed by atoms with E-state index < -0.39 is 16.1 Å². The zero-order chi connectivity index (χ0) is 15.9. The number of ether oxygens (including phenoxy) is 1. The van der Waals surface area contributed by atoms with Gasteiger partial charge in [-0.2, -0.15) is 0 Å².